The number of nitrogens with two attached hydrogens (primary N) is 1. The van der Waals surface area contributed by atoms with Gasteiger partial charge in [-0.05, 0) is 5.92 Å². The molecule has 3 rings (SSSR count). The molecule has 2 aromatic heterocycles. The molecule has 12 heteroatoms. The molecule has 1 aliphatic rings. The number of aromatic nitrogens is 4. The van der Waals surface area contributed by atoms with Crippen LogP contribution in [0.25, 0.3) is 11.2 Å². The second kappa shape index (κ2) is 8.34. The van der Waals surface area contributed by atoms with Gasteiger partial charge in [0.1, 0.15) is 18.2 Å². The van der Waals surface area contributed by atoms with E-state index in [4.69, 9.17) is 31.1 Å². The van der Waals surface area contributed by atoms with E-state index < -0.39 is 42.4 Å². The molecular formula is C18H19N5O7. The van der Waals surface area contributed by atoms with Crippen LogP contribution in [0.3, 0.4) is 0 Å². The highest BCUT2D eigenvalue weighted by molar-refractivity contribution is 5.82. The molecular weight excluding hydrogens is 398 g/mol. The van der Waals surface area contributed by atoms with Gasteiger partial charge in [-0.3, -0.25) is 19.0 Å². The molecule has 12 nitrogen and oxygen atoms in total. The summed E-state index contributed by atoms with van der Waals surface area (Å²) >= 11 is 0. The van der Waals surface area contributed by atoms with Crippen LogP contribution in [0.15, 0.2) is 6.33 Å². The molecule has 1 saturated heterocycles. The Hall–Kier alpha value is -3.72. The number of rotatable bonds is 5. The molecule has 4 atom stereocenters. The highest BCUT2D eigenvalue weighted by atomic mass is 16.7. The van der Waals surface area contributed by atoms with Gasteiger partial charge in [0.05, 0.1) is 6.33 Å². The molecule has 158 valence electrons. The average molecular weight is 417 g/mol. The Morgan fingerprint density at radius 3 is 2.43 bits per heavy atom. The summed E-state index contributed by atoms with van der Waals surface area (Å²) < 4.78 is 23.1. The van der Waals surface area contributed by atoms with E-state index in [0.717, 1.165) is 0 Å². The third-order valence-electron chi connectivity index (χ3n) is 4.19. The molecule has 1 fully saturated rings. The van der Waals surface area contributed by atoms with Crippen molar-refractivity contribution in [1.29, 1.82) is 0 Å². The Morgan fingerprint density at radius 2 is 1.83 bits per heavy atom. The van der Waals surface area contributed by atoms with Gasteiger partial charge >= 0.3 is 17.9 Å². The summed E-state index contributed by atoms with van der Waals surface area (Å²) in [6.07, 6.45) is 2.64. The first-order valence-electron chi connectivity index (χ1n) is 8.81. The fourth-order valence-electron chi connectivity index (χ4n) is 3.11. The summed E-state index contributed by atoms with van der Waals surface area (Å²) in [6, 6.07) is 0. The molecule has 2 aromatic rings. The van der Waals surface area contributed by atoms with E-state index in [9.17, 15) is 14.4 Å². The predicted octanol–water partition coefficient (Wildman–Crippen LogP) is -0.286. The Morgan fingerprint density at radius 1 is 1.17 bits per heavy atom. The Kier molecular flexibility index (Phi) is 5.84. The second-order valence-corrected chi connectivity index (χ2v) is 6.42. The lowest BCUT2D eigenvalue weighted by Crippen LogP contribution is -2.40. The number of anilines is 1. The van der Waals surface area contributed by atoms with Crippen LogP contribution < -0.4 is 5.73 Å². The van der Waals surface area contributed by atoms with Crippen molar-refractivity contribution in [1.82, 2.24) is 19.5 Å². The maximum atomic E-state index is 11.7. The van der Waals surface area contributed by atoms with E-state index in [1.54, 1.807) is 0 Å². The van der Waals surface area contributed by atoms with Crippen LogP contribution in [0.1, 0.15) is 32.8 Å². The van der Waals surface area contributed by atoms with Gasteiger partial charge in [0.15, 0.2) is 29.9 Å². The van der Waals surface area contributed by atoms with Crippen molar-refractivity contribution in [2.45, 2.75) is 45.3 Å². The summed E-state index contributed by atoms with van der Waals surface area (Å²) in [5.74, 6) is 0.547. The van der Waals surface area contributed by atoms with Gasteiger partial charge in [-0.1, -0.05) is 0 Å². The Bertz CT molecular complexity index is 1040. The number of nitrogens with zero attached hydrogens (tertiary/aromatic N) is 4. The number of fused-ring (bicyclic) bond motifs is 1. The molecule has 0 aliphatic carbocycles. The first-order chi connectivity index (χ1) is 14.2. The van der Waals surface area contributed by atoms with Crippen LogP contribution in [0, 0.1) is 12.3 Å². The van der Waals surface area contributed by atoms with Crippen LogP contribution in [-0.4, -0.2) is 62.3 Å². The molecule has 1 aliphatic heterocycles. The van der Waals surface area contributed by atoms with Gasteiger partial charge in [0.25, 0.3) is 0 Å². The van der Waals surface area contributed by atoms with Gasteiger partial charge in [-0.25, -0.2) is 15.0 Å². The zero-order valence-electron chi connectivity index (χ0n) is 16.4. The molecule has 0 radical (unpaired) electrons. The maximum Gasteiger partial charge on any atom is 0.303 e. The number of carbonyl (C=O) groups excluding carboxylic acids is 3. The number of ether oxygens (including phenoxy) is 4. The van der Waals surface area contributed by atoms with Crippen LogP contribution in [0.4, 0.5) is 5.82 Å². The number of nitrogen functional groups attached to an aromatic ring is 1. The van der Waals surface area contributed by atoms with E-state index in [0.29, 0.717) is 0 Å². The Balaban J connectivity index is 2.07. The minimum atomic E-state index is -1.09. The van der Waals surface area contributed by atoms with Crippen molar-refractivity contribution in [3.8, 4) is 12.3 Å². The van der Waals surface area contributed by atoms with E-state index in [1.165, 1.54) is 31.7 Å². The summed E-state index contributed by atoms with van der Waals surface area (Å²) in [7, 11) is 0. The van der Waals surface area contributed by atoms with Crippen LogP contribution in [-0.2, 0) is 33.3 Å². The van der Waals surface area contributed by atoms with E-state index in [-0.39, 0.29) is 29.4 Å². The molecule has 0 amide bonds. The lowest BCUT2D eigenvalue weighted by atomic mass is 10.1. The van der Waals surface area contributed by atoms with Gasteiger partial charge in [-0.15, -0.1) is 6.42 Å². The maximum absolute atomic E-state index is 11.7. The molecule has 4 unspecified atom stereocenters. The van der Waals surface area contributed by atoms with Crippen molar-refractivity contribution in [2.24, 2.45) is 0 Å². The lowest BCUT2D eigenvalue weighted by molar-refractivity contribution is -0.166. The molecule has 30 heavy (non-hydrogen) atoms. The fourth-order valence-corrected chi connectivity index (χ4v) is 3.11. The van der Waals surface area contributed by atoms with E-state index >= 15 is 0 Å². The number of esters is 3. The number of imidazole rings is 1. The zero-order valence-corrected chi connectivity index (χ0v) is 16.4. The summed E-state index contributed by atoms with van der Waals surface area (Å²) in [5, 5.41) is 0. The fraction of sp³-hybridized carbons (Fsp3) is 0.444. The smallest absolute Gasteiger partial charge is 0.303 e. The van der Waals surface area contributed by atoms with E-state index in [2.05, 4.69) is 20.9 Å². The zero-order chi connectivity index (χ0) is 22.0. The highest BCUT2D eigenvalue weighted by Crippen LogP contribution is 2.36. The Labute approximate surface area is 170 Å². The van der Waals surface area contributed by atoms with Crippen molar-refractivity contribution in [3.05, 3.63) is 12.2 Å². The quantitative estimate of drug-likeness (QED) is 0.387. The SMILES string of the molecule is C#Cc1nc(N)c2ncn(C3OC(COC(C)=O)C(OC(C)=O)C3OC(C)=O)c2n1. The molecule has 3 heterocycles. The topological polar surface area (TPSA) is 158 Å². The van der Waals surface area contributed by atoms with Crippen molar-refractivity contribution in [3.63, 3.8) is 0 Å². The number of carbonyl (C=O) groups is 3. The first-order valence-corrected chi connectivity index (χ1v) is 8.81. The summed E-state index contributed by atoms with van der Waals surface area (Å²) in [4.78, 5) is 47.0. The third-order valence-corrected chi connectivity index (χ3v) is 4.19. The third kappa shape index (κ3) is 4.15. The normalized spacial score (nSPS) is 23.0. The first kappa shape index (κ1) is 21.0. The number of terminal acetylenes is 1. The number of hydrogen-bond donors (Lipinski definition) is 1. The van der Waals surface area contributed by atoms with Crippen molar-refractivity contribution in [2.75, 3.05) is 12.3 Å². The highest BCUT2D eigenvalue weighted by Gasteiger charge is 2.51. The minimum Gasteiger partial charge on any atom is -0.463 e. The second-order valence-electron chi connectivity index (χ2n) is 6.42. The van der Waals surface area contributed by atoms with Crippen LogP contribution in [0.2, 0.25) is 0 Å². The summed E-state index contributed by atoms with van der Waals surface area (Å²) in [6.45, 7) is 3.38. The van der Waals surface area contributed by atoms with Crippen LogP contribution >= 0.6 is 0 Å². The minimum absolute atomic E-state index is 0.0248. The standard InChI is InChI=1S/C18H19N5O7/c1-5-12-21-16(19)13-17(22-12)23(7-20-13)18-15(29-10(4)26)14(28-9(3)25)11(30-18)6-27-8(2)24/h1,7,11,14-15,18H,6H2,2-4H3,(H2,19,21,22). The van der Waals surface area contributed by atoms with Crippen LogP contribution in [0.5, 0.6) is 0 Å². The molecule has 0 aromatic carbocycles. The molecule has 2 N–H and O–H groups in total. The number of hydrogen-bond acceptors (Lipinski definition) is 11. The van der Waals surface area contributed by atoms with E-state index in [1.807, 2.05) is 0 Å². The van der Waals surface area contributed by atoms with Gasteiger partial charge in [0, 0.05) is 20.8 Å². The van der Waals surface area contributed by atoms with Gasteiger partial charge < -0.3 is 24.7 Å². The van der Waals surface area contributed by atoms with Crippen molar-refractivity contribution >= 4 is 34.9 Å². The van der Waals surface area contributed by atoms with Gasteiger partial charge in [0.2, 0.25) is 5.82 Å². The molecule has 0 saturated carbocycles. The summed E-state index contributed by atoms with van der Waals surface area (Å²) in [5.41, 5.74) is 6.37. The average Bonchev–Trinajstić information content (AvgIpc) is 3.21. The lowest BCUT2D eigenvalue weighted by Gasteiger charge is -2.23. The monoisotopic (exact) mass is 417 g/mol. The van der Waals surface area contributed by atoms with Crippen molar-refractivity contribution < 1.29 is 33.3 Å². The van der Waals surface area contributed by atoms with Gasteiger partial charge in [-0.2, -0.15) is 0 Å². The molecule has 0 bridgehead atoms. The largest absolute Gasteiger partial charge is 0.463 e. The molecule has 0 spiro atoms. The predicted molar refractivity (Wildman–Crippen MR) is 99.3 cm³/mol.